The maximum atomic E-state index is 12.2. The number of nitriles is 1. The van der Waals surface area contributed by atoms with Crippen LogP contribution >= 0.6 is 0 Å². The van der Waals surface area contributed by atoms with E-state index >= 15 is 0 Å². The average Bonchev–Trinajstić information content (AvgIpc) is 2.77. The van der Waals surface area contributed by atoms with Gasteiger partial charge in [0, 0.05) is 18.4 Å². The van der Waals surface area contributed by atoms with Gasteiger partial charge in [-0.25, -0.2) is 8.42 Å². The van der Waals surface area contributed by atoms with Crippen LogP contribution < -0.4 is 4.72 Å². The molecule has 23 heavy (non-hydrogen) atoms. The van der Waals surface area contributed by atoms with E-state index in [-0.39, 0.29) is 5.69 Å². The lowest BCUT2D eigenvalue weighted by Crippen LogP contribution is -2.27. The molecule has 2 rings (SSSR count). The maximum absolute atomic E-state index is 12.2. The van der Waals surface area contributed by atoms with Crippen molar-refractivity contribution in [2.24, 2.45) is 7.05 Å². The number of benzene rings is 1. The predicted molar refractivity (Wildman–Crippen MR) is 79.0 cm³/mol. The fourth-order valence-corrected chi connectivity index (χ4v) is 3.05. The van der Waals surface area contributed by atoms with E-state index in [0.29, 0.717) is 11.3 Å². The first-order valence-electron chi connectivity index (χ1n) is 6.35. The second kappa shape index (κ2) is 5.96. The highest BCUT2D eigenvalue weighted by molar-refractivity contribution is 7.92. The fourth-order valence-electron chi connectivity index (χ4n) is 2.05. The van der Waals surface area contributed by atoms with Crippen LogP contribution in [0.1, 0.15) is 5.69 Å². The smallest absolute Gasteiger partial charge is 0.335 e. The van der Waals surface area contributed by atoms with Crippen LogP contribution in [0.3, 0.4) is 0 Å². The lowest BCUT2D eigenvalue weighted by atomic mass is 10.1. The summed E-state index contributed by atoms with van der Waals surface area (Å²) in [5, 5.41) is 8.90. The zero-order valence-corrected chi connectivity index (χ0v) is 12.7. The quantitative estimate of drug-likeness (QED) is 0.927. The van der Waals surface area contributed by atoms with Crippen LogP contribution in [-0.4, -0.2) is 24.9 Å². The first-order valence-corrected chi connectivity index (χ1v) is 8.00. The van der Waals surface area contributed by atoms with Gasteiger partial charge < -0.3 is 4.57 Å². The van der Waals surface area contributed by atoms with Crippen molar-refractivity contribution >= 4 is 15.7 Å². The molecule has 0 aliphatic rings. The Labute approximate surface area is 131 Å². The zero-order valence-electron chi connectivity index (χ0n) is 11.9. The van der Waals surface area contributed by atoms with Crippen LogP contribution in [-0.2, 0) is 17.1 Å². The molecule has 0 saturated carbocycles. The van der Waals surface area contributed by atoms with Crippen molar-refractivity contribution in [1.82, 2.24) is 4.57 Å². The highest BCUT2D eigenvalue weighted by Gasteiger charge is 2.35. The van der Waals surface area contributed by atoms with Crippen molar-refractivity contribution < 1.29 is 21.6 Å². The first kappa shape index (κ1) is 16.9. The molecule has 1 N–H and O–H groups in total. The molecule has 5 nitrogen and oxygen atoms in total. The van der Waals surface area contributed by atoms with Gasteiger partial charge in [0.1, 0.15) is 11.8 Å². The van der Waals surface area contributed by atoms with Gasteiger partial charge in [0.2, 0.25) is 10.0 Å². The molecule has 0 unspecified atom stereocenters. The van der Waals surface area contributed by atoms with Crippen molar-refractivity contribution in [1.29, 1.82) is 5.26 Å². The number of sulfonamides is 1. The number of alkyl halides is 3. The highest BCUT2D eigenvalue weighted by Crippen LogP contribution is 2.24. The Morgan fingerprint density at radius 2 is 1.78 bits per heavy atom. The topological polar surface area (TPSA) is 74.9 Å². The summed E-state index contributed by atoms with van der Waals surface area (Å²) >= 11 is 0. The summed E-state index contributed by atoms with van der Waals surface area (Å²) in [7, 11) is -2.80. The Kier molecular flexibility index (Phi) is 4.38. The molecule has 2 aromatic rings. The second-order valence-electron chi connectivity index (χ2n) is 4.83. The second-order valence-corrected chi connectivity index (χ2v) is 6.55. The number of rotatable bonds is 4. The third kappa shape index (κ3) is 4.26. The van der Waals surface area contributed by atoms with Crippen LogP contribution in [0.25, 0.3) is 11.3 Å². The molecule has 1 aromatic carbocycles. The molecule has 0 aliphatic heterocycles. The minimum Gasteiger partial charge on any atom is -0.335 e. The Hall–Kier alpha value is -2.47. The van der Waals surface area contributed by atoms with Crippen LogP contribution in [0.15, 0.2) is 36.4 Å². The van der Waals surface area contributed by atoms with Crippen molar-refractivity contribution in [3.05, 3.63) is 42.1 Å². The Bertz CT molecular complexity index is 847. The number of halogens is 3. The summed E-state index contributed by atoms with van der Waals surface area (Å²) in [6.45, 7) is 0. The van der Waals surface area contributed by atoms with Gasteiger partial charge in [0.15, 0.2) is 5.75 Å². The molecule has 0 bridgehead atoms. The van der Waals surface area contributed by atoms with Crippen molar-refractivity contribution in [3.63, 3.8) is 0 Å². The largest absolute Gasteiger partial charge is 0.404 e. The summed E-state index contributed by atoms with van der Waals surface area (Å²) in [6.07, 6.45) is -4.80. The summed E-state index contributed by atoms with van der Waals surface area (Å²) in [5.41, 5.74) is 1.92. The highest BCUT2D eigenvalue weighted by atomic mass is 32.2. The molecule has 0 atom stereocenters. The Morgan fingerprint density at radius 3 is 2.26 bits per heavy atom. The number of hydrogen-bond acceptors (Lipinski definition) is 3. The number of hydrogen-bond donors (Lipinski definition) is 1. The molecular weight excluding hydrogens is 331 g/mol. The number of nitrogens with one attached hydrogen (secondary N) is 1. The molecule has 0 fully saturated rings. The summed E-state index contributed by atoms with van der Waals surface area (Å²) in [4.78, 5) is 0. The van der Waals surface area contributed by atoms with E-state index in [0.717, 1.165) is 5.69 Å². The van der Waals surface area contributed by atoms with Gasteiger partial charge in [0.25, 0.3) is 0 Å². The third-order valence-electron chi connectivity index (χ3n) is 3.04. The normalized spacial score (nSPS) is 12.0. The standard InChI is InChI=1S/C14H12F3N3O2S/c1-20-12(8-18)6-7-13(20)10-2-4-11(5-3-10)19-23(21,22)9-14(15,16)17/h2-7,19H,9H2,1H3. The van der Waals surface area contributed by atoms with Gasteiger partial charge in [-0.15, -0.1) is 0 Å². The third-order valence-corrected chi connectivity index (χ3v) is 4.30. The molecule has 0 spiro atoms. The SMILES string of the molecule is Cn1c(C#N)ccc1-c1ccc(NS(=O)(=O)CC(F)(F)F)cc1. The minimum absolute atomic E-state index is 0.0349. The van der Waals surface area contributed by atoms with Gasteiger partial charge in [-0.3, -0.25) is 4.72 Å². The van der Waals surface area contributed by atoms with Gasteiger partial charge in [-0.1, -0.05) is 12.1 Å². The number of nitrogens with zero attached hydrogens (tertiary/aromatic N) is 2. The molecule has 0 aliphatic carbocycles. The van der Waals surface area contributed by atoms with Crippen LogP contribution in [0.5, 0.6) is 0 Å². The monoisotopic (exact) mass is 343 g/mol. The lowest BCUT2D eigenvalue weighted by molar-refractivity contribution is -0.106. The summed E-state index contributed by atoms with van der Waals surface area (Å²) in [5.74, 6) is -1.94. The molecule has 0 radical (unpaired) electrons. The lowest BCUT2D eigenvalue weighted by Gasteiger charge is -2.11. The maximum Gasteiger partial charge on any atom is 0.404 e. The first-order chi connectivity index (χ1) is 10.6. The molecule has 0 saturated heterocycles. The Balaban J connectivity index is 2.20. The Morgan fingerprint density at radius 1 is 1.17 bits per heavy atom. The molecule has 9 heteroatoms. The van der Waals surface area contributed by atoms with Gasteiger partial charge >= 0.3 is 6.18 Å². The van der Waals surface area contributed by atoms with E-state index < -0.39 is 22.0 Å². The van der Waals surface area contributed by atoms with Crippen molar-refractivity contribution in [3.8, 4) is 17.3 Å². The zero-order chi connectivity index (χ0) is 17.3. The van der Waals surface area contributed by atoms with Gasteiger partial charge in [0.05, 0.1) is 0 Å². The van der Waals surface area contributed by atoms with E-state index in [1.807, 2.05) is 10.8 Å². The average molecular weight is 343 g/mol. The van der Waals surface area contributed by atoms with E-state index in [4.69, 9.17) is 5.26 Å². The van der Waals surface area contributed by atoms with Gasteiger partial charge in [-0.2, -0.15) is 18.4 Å². The van der Waals surface area contributed by atoms with E-state index in [1.54, 1.807) is 35.9 Å². The van der Waals surface area contributed by atoms with Crippen LogP contribution in [0.4, 0.5) is 18.9 Å². The van der Waals surface area contributed by atoms with E-state index in [9.17, 15) is 21.6 Å². The molecule has 1 heterocycles. The fraction of sp³-hybridized carbons (Fsp3) is 0.214. The molecule has 0 amide bonds. The number of anilines is 1. The molecule has 1 aromatic heterocycles. The number of aromatic nitrogens is 1. The van der Waals surface area contributed by atoms with Crippen LogP contribution in [0.2, 0.25) is 0 Å². The summed E-state index contributed by atoms with van der Waals surface area (Å²) in [6, 6.07) is 11.2. The molecule has 122 valence electrons. The predicted octanol–water partition coefficient (Wildman–Crippen LogP) is 2.87. The van der Waals surface area contributed by atoms with Crippen molar-refractivity contribution in [2.75, 3.05) is 10.5 Å². The van der Waals surface area contributed by atoms with Crippen LogP contribution in [0, 0.1) is 11.3 Å². The van der Waals surface area contributed by atoms with E-state index in [1.165, 1.54) is 12.1 Å². The van der Waals surface area contributed by atoms with E-state index in [2.05, 4.69) is 0 Å². The van der Waals surface area contributed by atoms with Gasteiger partial charge in [-0.05, 0) is 29.8 Å². The molecular formula is C14H12F3N3O2S. The van der Waals surface area contributed by atoms with Crippen molar-refractivity contribution in [2.45, 2.75) is 6.18 Å². The summed E-state index contributed by atoms with van der Waals surface area (Å²) < 4.78 is 62.8. The minimum atomic E-state index is -4.80.